The minimum atomic E-state index is -0.888. The van der Waals surface area contributed by atoms with Gasteiger partial charge in [-0.3, -0.25) is 14.8 Å². The first-order valence-corrected chi connectivity index (χ1v) is 7.56. The number of carbonyl (C=O) groups is 2. The fourth-order valence-electron chi connectivity index (χ4n) is 3.22. The van der Waals surface area contributed by atoms with E-state index in [1.54, 1.807) is 0 Å². The number of aryl methyl sites for hydroxylation is 2. The van der Waals surface area contributed by atoms with Gasteiger partial charge in [-0.2, -0.15) is 5.10 Å². The Hall–Kier alpha value is -2.83. The molecule has 1 aliphatic heterocycles. The predicted octanol–water partition coefficient (Wildman–Crippen LogP) is 1.38. The van der Waals surface area contributed by atoms with E-state index in [0.717, 1.165) is 41.8 Å². The molecule has 118 valence electrons. The number of hydrogen-bond acceptors (Lipinski definition) is 4. The summed E-state index contributed by atoms with van der Waals surface area (Å²) in [7, 11) is 0. The van der Waals surface area contributed by atoms with Crippen molar-refractivity contribution in [1.29, 1.82) is 0 Å². The third-order valence-corrected chi connectivity index (χ3v) is 4.41. The second-order valence-corrected chi connectivity index (χ2v) is 5.85. The highest BCUT2D eigenvalue weighted by atomic mass is 16.6. The number of nitrogens with two attached hydrogens (primary N) is 1. The molecule has 7 nitrogen and oxygen atoms in total. The molecular formula is C16H16N4O3. The number of H-pyrrole nitrogens is 1. The lowest BCUT2D eigenvalue weighted by Crippen LogP contribution is -2.32. The molecule has 7 heteroatoms. The van der Waals surface area contributed by atoms with Gasteiger partial charge in [0, 0.05) is 11.3 Å². The molecule has 1 atom stereocenters. The number of amides is 2. The van der Waals surface area contributed by atoms with Crippen molar-refractivity contribution in [1.82, 2.24) is 10.2 Å². The first-order valence-electron chi connectivity index (χ1n) is 7.56. The van der Waals surface area contributed by atoms with Crippen LogP contribution in [0.15, 0.2) is 24.4 Å². The summed E-state index contributed by atoms with van der Waals surface area (Å²) in [6.07, 6.45) is 3.37. The number of nitrogens with one attached hydrogen (secondary N) is 1. The molecule has 0 bridgehead atoms. The van der Waals surface area contributed by atoms with Crippen molar-refractivity contribution in [2.75, 3.05) is 11.4 Å². The lowest BCUT2D eigenvalue weighted by atomic mass is 10.0. The highest BCUT2D eigenvalue weighted by molar-refractivity contribution is 5.95. The van der Waals surface area contributed by atoms with Gasteiger partial charge in [0.15, 0.2) is 6.10 Å². The molecule has 2 heterocycles. The van der Waals surface area contributed by atoms with Crippen LogP contribution in [0.4, 0.5) is 10.5 Å². The Labute approximate surface area is 132 Å². The van der Waals surface area contributed by atoms with Gasteiger partial charge in [-0.15, -0.1) is 0 Å². The first kappa shape index (κ1) is 13.8. The van der Waals surface area contributed by atoms with Crippen molar-refractivity contribution in [3.8, 4) is 11.3 Å². The average molecular weight is 312 g/mol. The topological polar surface area (TPSA) is 101 Å². The average Bonchev–Trinajstić information content (AvgIpc) is 3.10. The molecule has 4 rings (SSSR count). The summed E-state index contributed by atoms with van der Waals surface area (Å²) in [5.41, 5.74) is 10.5. The third kappa shape index (κ3) is 2.25. The first-order chi connectivity index (χ1) is 11.1. The van der Waals surface area contributed by atoms with Crippen molar-refractivity contribution >= 4 is 17.7 Å². The Kier molecular flexibility index (Phi) is 3.07. The fourth-order valence-corrected chi connectivity index (χ4v) is 3.22. The number of cyclic esters (lactones) is 1. The smallest absolute Gasteiger partial charge is 0.415 e. The SMILES string of the molecule is NC(=O)[C@H]1CN(c2ccc3c(c2)CCCc2cn[nH]c2-3)C(=O)O1. The van der Waals surface area contributed by atoms with Crippen molar-refractivity contribution in [3.05, 3.63) is 35.5 Å². The van der Waals surface area contributed by atoms with Crippen LogP contribution in [0.2, 0.25) is 0 Å². The van der Waals surface area contributed by atoms with Crippen molar-refractivity contribution in [2.45, 2.75) is 25.4 Å². The van der Waals surface area contributed by atoms with Gasteiger partial charge in [-0.05, 0) is 42.5 Å². The Balaban J connectivity index is 1.70. The van der Waals surface area contributed by atoms with Crippen molar-refractivity contribution in [2.24, 2.45) is 5.73 Å². The molecule has 0 radical (unpaired) electrons. The molecule has 2 aliphatic rings. The second kappa shape index (κ2) is 5.12. The van der Waals surface area contributed by atoms with Gasteiger partial charge in [-0.1, -0.05) is 6.07 Å². The third-order valence-electron chi connectivity index (χ3n) is 4.41. The highest BCUT2D eigenvalue weighted by Crippen LogP contribution is 2.34. The molecule has 0 spiro atoms. The van der Waals surface area contributed by atoms with Crippen LogP contribution in [0, 0.1) is 0 Å². The van der Waals surface area contributed by atoms with E-state index in [2.05, 4.69) is 10.2 Å². The van der Waals surface area contributed by atoms with Crippen molar-refractivity contribution < 1.29 is 14.3 Å². The minimum absolute atomic E-state index is 0.155. The number of aromatic amines is 1. The summed E-state index contributed by atoms with van der Waals surface area (Å²) < 4.78 is 5.00. The normalized spacial score (nSPS) is 19.7. The van der Waals surface area contributed by atoms with E-state index < -0.39 is 18.1 Å². The van der Waals surface area contributed by atoms with Crippen LogP contribution in [0.1, 0.15) is 17.5 Å². The fraction of sp³-hybridized carbons (Fsp3) is 0.312. The summed E-state index contributed by atoms with van der Waals surface area (Å²) in [4.78, 5) is 24.6. The number of fused-ring (bicyclic) bond motifs is 3. The Morgan fingerprint density at radius 3 is 2.96 bits per heavy atom. The van der Waals surface area contributed by atoms with Crippen LogP contribution in [0.25, 0.3) is 11.3 Å². The summed E-state index contributed by atoms with van der Waals surface area (Å²) in [6, 6.07) is 5.83. The van der Waals surface area contributed by atoms with Crippen LogP contribution in [-0.2, 0) is 22.4 Å². The maximum Gasteiger partial charge on any atom is 0.415 e. The standard InChI is InChI=1S/C16H16N4O3/c17-15(21)13-8-20(16(22)23-13)11-4-5-12-9(6-11)2-1-3-10-7-18-19-14(10)12/h4-7,13H,1-3,8H2,(H2,17,21)(H,18,19)/t13-/m1/s1. The van der Waals surface area contributed by atoms with Crippen LogP contribution < -0.4 is 10.6 Å². The molecule has 3 N–H and O–H groups in total. The zero-order valence-corrected chi connectivity index (χ0v) is 12.4. The molecule has 2 amide bonds. The van der Waals surface area contributed by atoms with Gasteiger partial charge in [0.1, 0.15) is 0 Å². The van der Waals surface area contributed by atoms with E-state index >= 15 is 0 Å². The summed E-state index contributed by atoms with van der Waals surface area (Å²) >= 11 is 0. The number of primary amides is 1. The number of benzene rings is 1. The number of hydrogen-bond donors (Lipinski definition) is 2. The monoisotopic (exact) mass is 312 g/mol. The number of aromatic nitrogens is 2. The Morgan fingerprint density at radius 2 is 2.17 bits per heavy atom. The molecule has 23 heavy (non-hydrogen) atoms. The lowest BCUT2D eigenvalue weighted by molar-refractivity contribution is -0.124. The zero-order chi connectivity index (χ0) is 16.0. The van der Waals surface area contributed by atoms with Crippen LogP contribution in [0.5, 0.6) is 0 Å². The number of rotatable bonds is 2. The molecule has 1 fully saturated rings. The van der Waals surface area contributed by atoms with Crippen molar-refractivity contribution in [3.63, 3.8) is 0 Å². The number of carbonyl (C=O) groups excluding carboxylic acids is 2. The number of nitrogens with zero attached hydrogens (tertiary/aromatic N) is 2. The van der Waals surface area contributed by atoms with Gasteiger partial charge < -0.3 is 10.5 Å². The molecule has 1 aromatic carbocycles. The van der Waals surface area contributed by atoms with E-state index in [9.17, 15) is 9.59 Å². The molecule has 1 aliphatic carbocycles. The second-order valence-electron chi connectivity index (χ2n) is 5.85. The molecule has 1 aromatic heterocycles. The number of ether oxygens (including phenoxy) is 1. The Bertz CT molecular complexity index is 798. The molecule has 2 aromatic rings. The van der Waals surface area contributed by atoms with Gasteiger partial charge >= 0.3 is 6.09 Å². The van der Waals surface area contributed by atoms with E-state index in [4.69, 9.17) is 10.5 Å². The van der Waals surface area contributed by atoms with Gasteiger partial charge in [0.2, 0.25) is 0 Å². The zero-order valence-electron chi connectivity index (χ0n) is 12.4. The van der Waals surface area contributed by atoms with E-state index in [1.807, 2.05) is 24.4 Å². The van der Waals surface area contributed by atoms with E-state index in [-0.39, 0.29) is 6.54 Å². The summed E-state index contributed by atoms with van der Waals surface area (Å²) in [6.45, 7) is 0.155. The van der Waals surface area contributed by atoms with Crippen LogP contribution >= 0.6 is 0 Å². The number of anilines is 1. The van der Waals surface area contributed by atoms with E-state index in [1.165, 1.54) is 10.5 Å². The molecular weight excluding hydrogens is 296 g/mol. The maximum absolute atomic E-state index is 12.0. The molecule has 0 saturated carbocycles. The summed E-state index contributed by atoms with van der Waals surface area (Å²) in [5, 5.41) is 7.18. The van der Waals surface area contributed by atoms with E-state index in [0.29, 0.717) is 0 Å². The largest absolute Gasteiger partial charge is 0.434 e. The maximum atomic E-state index is 12.0. The van der Waals surface area contributed by atoms with Gasteiger partial charge in [0.05, 0.1) is 18.4 Å². The van der Waals surface area contributed by atoms with Gasteiger partial charge in [0.25, 0.3) is 5.91 Å². The van der Waals surface area contributed by atoms with Gasteiger partial charge in [-0.25, -0.2) is 4.79 Å². The Morgan fingerprint density at radius 1 is 1.35 bits per heavy atom. The summed E-state index contributed by atoms with van der Waals surface area (Å²) in [5.74, 6) is -0.627. The lowest BCUT2D eigenvalue weighted by Gasteiger charge is -2.15. The molecule has 0 unspecified atom stereocenters. The minimum Gasteiger partial charge on any atom is -0.434 e. The van der Waals surface area contributed by atoms with Crippen LogP contribution in [0.3, 0.4) is 0 Å². The quantitative estimate of drug-likeness (QED) is 0.874. The predicted molar refractivity (Wildman–Crippen MR) is 82.9 cm³/mol. The molecule has 1 saturated heterocycles. The highest BCUT2D eigenvalue weighted by Gasteiger charge is 2.36. The van der Waals surface area contributed by atoms with Crippen LogP contribution in [-0.4, -0.2) is 34.8 Å².